The number of rotatable bonds is 4. The first kappa shape index (κ1) is 14.5. The van der Waals surface area contributed by atoms with Crippen molar-refractivity contribution in [3.8, 4) is 0 Å². The van der Waals surface area contributed by atoms with Crippen LogP contribution in [0.2, 0.25) is 0 Å². The Bertz CT molecular complexity index is 585. The predicted octanol–water partition coefficient (Wildman–Crippen LogP) is 4.12. The van der Waals surface area contributed by atoms with Crippen LogP contribution < -0.4 is 9.80 Å². The Morgan fingerprint density at radius 1 is 0.952 bits per heavy atom. The number of para-hydroxylation sites is 2. The lowest BCUT2D eigenvalue weighted by molar-refractivity contribution is 0.672. The van der Waals surface area contributed by atoms with Crippen molar-refractivity contribution >= 4 is 27.3 Å². The van der Waals surface area contributed by atoms with E-state index in [1.54, 1.807) is 0 Å². The van der Waals surface area contributed by atoms with E-state index in [1.807, 2.05) is 0 Å². The first-order chi connectivity index (χ1) is 10.3. The lowest BCUT2D eigenvalue weighted by atomic mass is 10.00. The highest BCUT2D eigenvalue weighted by atomic mass is 79.9. The van der Waals surface area contributed by atoms with Gasteiger partial charge in [-0.2, -0.15) is 0 Å². The lowest BCUT2D eigenvalue weighted by Gasteiger charge is -2.38. The summed E-state index contributed by atoms with van der Waals surface area (Å²) >= 11 is 3.69. The second-order valence-corrected chi connectivity index (χ2v) is 6.27. The van der Waals surface area contributed by atoms with Crippen LogP contribution in [0.25, 0.3) is 0 Å². The summed E-state index contributed by atoms with van der Waals surface area (Å²) in [5.74, 6) is 0.516. The second kappa shape index (κ2) is 6.52. The Morgan fingerprint density at radius 3 is 2.33 bits per heavy atom. The van der Waals surface area contributed by atoms with E-state index in [9.17, 15) is 0 Å². The number of halogens is 1. The minimum absolute atomic E-state index is 0.516. The highest BCUT2D eigenvalue weighted by Crippen LogP contribution is 2.33. The van der Waals surface area contributed by atoms with Crippen LogP contribution >= 0.6 is 15.9 Å². The van der Waals surface area contributed by atoms with Crippen LogP contribution in [-0.2, 0) is 0 Å². The number of fused-ring (bicyclic) bond motifs is 1. The van der Waals surface area contributed by atoms with Crippen LogP contribution in [0.15, 0.2) is 54.6 Å². The van der Waals surface area contributed by atoms with Crippen molar-refractivity contribution < 1.29 is 0 Å². The molecule has 0 spiro atoms. The monoisotopic (exact) mass is 344 g/mol. The molecule has 1 aliphatic rings. The summed E-state index contributed by atoms with van der Waals surface area (Å²) < 4.78 is 0. The fraction of sp³-hybridized carbons (Fsp3) is 0.333. The molecule has 110 valence electrons. The highest BCUT2D eigenvalue weighted by molar-refractivity contribution is 9.09. The molecule has 3 heteroatoms. The number of hydrogen-bond acceptors (Lipinski definition) is 2. The van der Waals surface area contributed by atoms with Crippen molar-refractivity contribution in [2.45, 2.75) is 5.92 Å². The quantitative estimate of drug-likeness (QED) is 0.769. The largest absolute Gasteiger partial charge is 0.371 e. The van der Waals surface area contributed by atoms with Gasteiger partial charge in [-0.1, -0.05) is 58.4 Å². The number of hydrogen-bond donors (Lipinski definition) is 0. The standard InChI is InChI=1S/C18H21BrN2/c1-20-11-12-21(18-10-6-5-9-17(18)20)14-16(13-19)15-7-3-2-4-8-15/h2-10,16H,11-14H2,1H3. The zero-order valence-corrected chi connectivity index (χ0v) is 14.0. The maximum absolute atomic E-state index is 3.69. The number of likely N-dealkylation sites (N-methyl/N-ethyl adjacent to an activating group) is 1. The molecule has 2 aromatic carbocycles. The van der Waals surface area contributed by atoms with E-state index in [1.165, 1.54) is 16.9 Å². The number of alkyl halides is 1. The molecule has 1 aliphatic heterocycles. The van der Waals surface area contributed by atoms with Crippen molar-refractivity contribution in [1.82, 2.24) is 0 Å². The topological polar surface area (TPSA) is 6.48 Å². The predicted molar refractivity (Wildman–Crippen MR) is 94.9 cm³/mol. The Kier molecular flexibility index (Phi) is 4.49. The van der Waals surface area contributed by atoms with E-state index in [2.05, 4.69) is 87.4 Å². The molecular formula is C18H21BrN2. The Labute approximate surface area is 135 Å². The van der Waals surface area contributed by atoms with Gasteiger partial charge in [-0.25, -0.2) is 0 Å². The molecule has 2 aromatic rings. The van der Waals surface area contributed by atoms with Crippen molar-refractivity contribution in [2.24, 2.45) is 0 Å². The average molecular weight is 345 g/mol. The van der Waals surface area contributed by atoms with Crippen LogP contribution in [0.1, 0.15) is 11.5 Å². The molecule has 0 saturated heterocycles. The lowest BCUT2D eigenvalue weighted by Crippen LogP contribution is -2.41. The zero-order chi connectivity index (χ0) is 14.7. The second-order valence-electron chi connectivity index (χ2n) is 5.62. The van der Waals surface area contributed by atoms with Gasteiger partial charge in [0.05, 0.1) is 11.4 Å². The molecule has 0 saturated carbocycles. The number of anilines is 2. The normalized spacial score (nSPS) is 15.7. The minimum Gasteiger partial charge on any atom is -0.371 e. The van der Waals surface area contributed by atoms with Gasteiger partial charge in [0.1, 0.15) is 0 Å². The molecule has 1 atom stereocenters. The van der Waals surface area contributed by atoms with Crippen LogP contribution in [0.5, 0.6) is 0 Å². The van der Waals surface area contributed by atoms with Gasteiger partial charge in [0.25, 0.3) is 0 Å². The van der Waals surface area contributed by atoms with E-state index >= 15 is 0 Å². The molecule has 0 amide bonds. The van der Waals surface area contributed by atoms with Crippen molar-refractivity contribution in [3.05, 3.63) is 60.2 Å². The molecule has 21 heavy (non-hydrogen) atoms. The molecule has 0 aromatic heterocycles. The molecule has 0 fully saturated rings. The van der Waals surface area contributed by atoms with E-state index in [0.717, 1.165) is 25.0 Å². The van der Waals surface area contributed by atoms with Crippen LogP contribution in [0, 0.1) is 0 Å². The zero-order valence-electron chi connectivity index (χ0n) is 12.4. The van der Waals surface area contributed by atoms with Gasteiger partial charge in [0, 0.05) is 37.9 Å². The van der Waals surface area contributed by atoms with E-state index in [4.69, 9.17) is 0 Å². The summed E-state index contributed by atoms with van der Waals surface area (Å²) in [6.07, 6.45) is 0. The first-order valence-corrected chi connectivity index (χ1v) is 8.58. The third kappa shape index (κ3) is 3.08. The molecule has 1 heterocycles. The van der Waals surface area contributed by atoms with Gasteiger partial charge in [0.2, 0.25) is 0 Å². The molecule has 1 unspecified atom stereocenters. The smallest absolute Gasteiger partial charge is 0.0604 e. The third-order valence-electron chi connectivity index (χ3n) is 4.24. The summed E-state index contributed by atoms with van der Waals surface area (Å²) in [4.78, 5) is 4.87. The Morgan fingerprint density at radius 2 is 1.62 bits per heavy atom. The van der Waals surface area contributed by atoms with E-state index < -0.39 is 0 Å². The SMILES string of the molecule is CN1CCN(CC(CBr)c2ccccc2)c2ccccc21. The van der Waals surface area contributed by atoms with Crippen molar-refractivity contribution in [2.75, 3.05) is 41.8 Å². The van der Waals surface area contributed by atoms with Crippen LogP contribution in [-0.4, -0.2) is 32.0 Å². The summed E-state index contributed by atoms with van der Waals surface area (Å²) in [6, 6.07) is 19.5. The van der Waals surface area contributed by atoms with Gasteiger partial charge in [-0.15, -0.1) is 0 Å². The van der Waals surface area contributed by atoms with Crippen molar-refractivity contribution in [1.29, 1.82) is 0 Å². The van der Waals surface area contributed by atoms with Gasteiger partial charge in [-0.3, -0.25) is 0 Å². The van der Waals surface area contributed by atoms with E-state index in [0.29, 0.717) is 5.92 Å². The van der Waals surface area contributed by atoms with Gasteiger partial charge < -0.3 is 9.80 Å². The highest BCUT2D eigenvalue weighted by Gasteiger charge is 2.22. The van der Waals surface area contributed by atoms with Gasteiger partial charge in [0.15, 0.2) is 0 Å². The summed E-state index contributed by atoms with van der Waals surface area (Å²) in [5, 5.41) is 0.992. The average Bonchev–Trinajstić information content (AvgIpc) is 2.55. The summed E-state index contributed by atoms with van der Waals surface area (Å²) in [5.41, 5.74) is 4.10. The molecule has 0 bridgehead atoms. The Balaban J connectivity index is 1.83. The van der Waals surface area contributed by atoms with Crippen molar-refractivity contribution in [3.63, 3.8) is 0 Å². The molecule has 3 rings (SSSR count). The van der Waals surface area contributed by atoms with Gasteiger partial charge in [-0.05, 0) is 17.7 Å². The number of nitrogens with zero attached hydrogens (tertiary/aromatic N) is 2. The summed E-state index contributed by atoms with van der Waals surface area (Å²) in [6.45, 7) is 3.23. The molecule has 2 nitrogen and oxygen atoms in total. The molecule has 0 radical (unpaired) electrons. The van der Waals surface area contributed by atoms with Crippen LogP contribution in [0.4, 0.5) is 11.4 Å². The third-order valence-corrected chi connectivity index (χ3v) is 5.02. The molecule has 0 aliphatic carbocycles. The Hall–Kier alpha value is -1.48. The fourth-order valence-electron chi connectivity index (χ4n) is 2.99. The minimum atomic E-state index is 0.516. The number of benzene rings is 2. The maximum Gasteiger partial charge on any atom is 0.0604 e. The van der Waals surface area contributed by atoms with Crippen LogP contribution in [0.3, 0.4) is 0 Å². The fourth-order valence-corrected chi connectivity index (χ4v) is 3.57. The molecular weight excluding hydrogens is 324 g/mol. The first-order valence-electron chi connectivity index (χ1n) is 7.45. The van der Waals surface area contributed by atoms with Gasteiger partial charge >= 0.3 is 0 Å². The maximum atomic E-state index is 3.69. The summed E-state index contributed by atoms with van der Waals surface area (Å²) in [7, 11) is 2.18. The molecule has 0 N–H and O–H groups in total. The van der Waals surface area contributed by atoms with E-state index in [-0.39, 0.29) is 0 Å².